The molecule has 5 nitrogen and oxygen atoms in total. The number of aromatic nitrogens is 1. The molecule has 0 unspecified atom stereocenters. The van der Waals surface area contributed by atoms with E-state index in [0.29, 0.717) is 0 Å². The molecule has 1 aromatic heterocycles. The average Bonchev–Trinajstić information content (AvgIpc) is 3.07. The van der Waals surface area contributed by atoms with Crippen molar-refractivity contribution in [3.8, 4) is 0 Å². The molecular formula is C22H28FN5. The fraction of sp³-hybridized carbons (Fsp3) is 0.318. The minimum absolute atomic E-state index is 0.224. The van der Waals surface area contributed by atoms with Gasteiger partial charge in [0.2, 0.25) is 0 Å². The molecule has 0 atom stereocenters. The van der Waals surface area contributed by atoms with Gasteiger partial charge in [-0.05, 0) is 55.4 Å². The number of nitrogens with zero attached hydrogens (tertiary/aromatic N) is 2. The molecule has 0 aliphatic rings. The highest BCUT2D eigenvalue weighted by molar-refractivity contribution is 5.83. The maximum Gasteiger partial charge on any atom is 0.191 e. The molecular weight excluding hydrogens is 353 g/mol. The largest absolute Gasteiger partial charge is 0.361 e. The van der Waals surface area contributed by atoms with Gasteiger partial charge in [-0.3, -0.25) is 4.99 Å². The van der Waals surface area contributed by atoms with Crippen LogP contribution in [0.25, 0.3) is 10.9 Å². The molecule has 3 N–H and O–H groups in total. The van der Waals surface area contributed by atoms with E-state index in [1.165, 1.54) is 23.3 Å². The van der Waals surface area contributed by atoms with Crippen molar-refractivity contribution in [2.75, 3.05) is 27.7 Å². The van der Waals surface area contributed by atoms with E-state index in [9.17, 15) is 4.39 Å². The quantitative estimate of drug-likeness (QED) is 0.435. The Kier molecular flexibility index (Phi) is 6.66. The Labute approximate surface area is 165 Å². The maximum atomic E-state index is 13.3. The van der Waals surface area contributed by atoms with Gasteiger partial charge in [0.05, 0.1) is 0 Å². The molecule has 0 fully saturated rings. The van der Waals surface area contributed by atoms with Crippen LogP contribution in [-0.2, 0) is 19.5 Å². The van der Waals surface area contributed by atoms with E-state index < -0.39 is 0 Å². The minimum Gasteiger partial charge on any atom is -0.361 e. The number of H-pyrrole nitrogens is 1. The van der Waals surface area contributed by atoms with Gasteiger partial charge in [0, 0.05) is 43.8 Å². The lowest BCUT2D eigenvalue weighted by Gasteiger charge is -2.16. The van der Waals surface area contributed by atoms with Crippen LogP contribution in [0.3, 0.4) is 0 Å². The third kappa shape index (κ3) is 5.10. The van der Waals surface area contributed by atoms with Gasteiger partial charge in [0.25, 0.3) is 0 Å². The summed E-state index contributed by atoms with van der Waals surface area (Å²) in [7, 11) is 5.92. The van der Waals surface area contributed by atoms with Gasteiger partial charge >= 0.3 is 0 Å². The van der Waals surface area contributed by atoms with Gasteiger partial charge in [-0.15, -0.1) is 0 Å². The summed E-state index contributed by atoms with van der Waals surface area (Å²) >= 11 is 0. The van der Waals surface area contributed by atoms with Crippen molar-refractivity contribution in [2.45, 2.75) is 19.5 Å². The Morgan fingerprint density at radius 3 is 2.61 bits per heavy atom. The van der Waals surface area contributed by atoms with Crippen molar-refractivity contribution in [2.24, 2.45) is 4.99 Å². The molecule has 0 saturated carbocycles. The first-order chi connectivity index (χ1) is 13.6. The molecule has 0 saturated heterocycles. The number of hydrogen-bond acceptors (Lipinski definition) is 2. The van der Waals surface area contributed by atoms with E-state index in [0.717, 1.165) is 48.5 Å². The molecule has 0 spiro atoms. The number of fused-ring (bicyclic) bond motifs is 1. The number of aliphatic imine (C=N–C) groups is 1. The third-order valence-corrected chi connectivity index (χ3v) is 4.69. The Hall–Kier alpha value is -2.86. The molecule has 0 amide bonds. The van der Waals surface area contributed by atoms with Crippen molar-refractivity contribution in [3.05, 3.63) is 71.2 Å². The smallest absolute Gasteiger partial charge is 0.191 e. The second kappa shape index (κ2) is 9.37. The van der Waals surface area contributed by atoms with E-state index >= 15 is 0 Å². The number of halogens is 1. The molecule has 148 valence electrons. The number of benzene rings is 2. The van der Waals surface area contributed by atoms with Crippen LogP contribution < -0.4 is 10.6 Å². The van der Waals surface area contributed by atoms with Crippen molar-refractivity contribution < 1.29 is 4.39 Å². The van der Waals surface area contributed by atoms with Crippen molar-refractivity contribution >= 4 is 16.9 Å². The van der Waals surface area contributed by atoms with Crippen LogP contribution in [0.1, 0.15) is 16.7 Å². The monoisotopic (exact) mass is 381 g/mol. The maximum absolute atomic E-state index is 13.3. The highest BCUT2D eigenvalue weighted by Crippen LogP contribution is 2.19. The lowest BCUT2D eigenvalue weighted by atomic mass is 10.1. The van der Waals surface area contributed by atoms with E-state index in [-0.39, 0.29) is 5.82 Å². The molecule has 3 rings (SSSR count). The fourth-order valence-corrected chi connectivity index (χ4v) is 3.31. The molecule has 0 aliphatic heterocycles. The lowest BCUT2D eigenvalue weighted by molar-refractivity contribution is 0.400. The first-order valence-corrected chi connectivity index (χ1v) is 9.48. The van der Waals surface area contributed by atoms with E-state index in [4.69, 9.17) is 0 Å². The summed E-state index contributed by atoms with van der Waals surface area (Å²) in [5, 5.41) is 7.80. The molecule has 6 heteroatoms. The first-order valence-electron chi connectivity index (χ1n) is 9.48. The summed E-state index contributed by atoms with van der Waals surface area (Å²) in [5.74, 6) is 0.545. The standard InChI is InChI=1S/C22H28FN5/c1-24-22(27-13-16-6-4-5-7-18(16)15-28(2)3)25-11-10-17-14-26-21-12-19(23)8-9-20(17)21/h4-9,12,14,26H,10-11,13,15H2,1-3H3,(H2,24,25,27). The fourth-order valence-electron chi connectivity index (χ4n) is 3.31. The Bertz CT molecular complexity index is 945. The van der Waals surface area contributed by atoms with Crippen LogP contribution in [0.5, 0.6) is 0 Å². The summed E-state index contributed by atoms with van der Waals surface area (Å²) in [4.78, 5) is 9.61. The van der Waals surface area contributed by atoms with Gasteiger partial charge in [-0.2, -0.15) is 0 Å². The Morgan fingerprint density at radius 1 is 1.07 bits per heavy atom. The second-order valence-electron chi connectivity index (χ2n) is 7.11. The summed E-state index contributed by atoms with van der Waals surface area (Å²) in [6.07, 6.45) is 2.77. The van der Waals surface area contributed by atoms with Crippen LogP contribution in [0.2, 0.25) is 0 Å². The third-order valence-electron chi connectivity index (χ3n) is 4.69. The number of guanidine groups is 1. The van der Waals surface area contributed by atoms with Gasteiger partial charge in [0.1, 0.15) is 5.82 Å². The van der Waals surface area contributed by atoms with E-state index in [1.807, 2.05) is 12.3 Å². The zero-order valence-corrected chi connectivity index (χ0v) is 16.7. The average molecular weight is 381 g/mol. The van der Waals surface area contributed by atoms with Crippen molar-refractivity contribution in [1.29, 1.82) is 0 Å². The molecule has 0 radical (unpaired) electrons. The number of aromatic amines is 1. The molecule has 0 aliphatic carbocycles. The summed E-state index contributed by atoms with van der Waals surface area (Å²) in [6.45, 7) is 2.37. The Morgan fingerprint density at radius 2 is 1.86 bits per heavy atom. The predicted octanol–water partition coefficient (Wildman–Crippen LogP) is 3.28. The van der Waals surface area contributed by atoms with Crippen molar-refractivity contribution in [1.82, 2.24) is 20.5 Å². The first kappa shape index (κ1) is 19.9. The van der Waals surface area contributed by atoms with Gasteiger partial charge in [-0.25, -0.2) is 4.39 Å². The Balaban J connectivity index is 1.54. The topological polar surface area (TPSA) is 55.5 Å². The molecule has 2 aromatic carbocycles. The molecule has 0 bridgehead atoms. The van der Waals surface area contributed by atoms with Gasteiger partial charge in [0.15, 0.2) is 5.96 Å². The summed E-state index contributed by atoms with van der Waals surface area (Å²) in [6, 6.07) is 13.3. The lowest BCUT2D eigenvalue weighted by Crippen LogP contribution is -2.38. The minimum atomic E-state index is -0.224. The summed E-state index contributed by atoms with van der Waals surface area (Å²) in [5.41, 5.74) is 4.56. The van der Waals surface area contributed by atoms with Crippen LogP contribution in [0, 0.1) is 5.82 Å². The normalized spacial score (nSPS) is 12.0. The SMILES string of the molecule is CN=C(NCCc1c[nH]c2cc(F)ccc12)NCc1ccccc1CN(C)C. The van der Waals surface area contributed by atoms with Crippen molar-refractivity contribution in [3.63, 3.8) is 0 Å². The van der Waals surface area contributed by atoms with Gasteiger partial charge in [-0.1, -0.05) is 24.3 Å². The predicted molar refractivity (Wildman–Crippen MR) is 114 cm³/mol. The zero-order valence-electron chi connectivity index (χ0n) is 16.7. The second-order valence-corrected chi connectivity index (χ2v) is 7.11. The van der Waals surface area contributed by atoms with Gasteiger partial charge < -0.3 is 20.5 Å². The number of nitrogens with one attached hydrogen (secondary N) is 3. The highest BCUT2D eigenvalue weighted by atomic mass is 19.1. The van der Waals surface area contributed by atoms with Crippen LogP contribution in [0.4, 0.5) is 4.39 Å². The van der Waals surface area contributed by atoms with E-state index in [1.54, 1.807) is 7.05 Å². The molecule has 28 heavy (non-hydrogen) atoms. The van der Waals surface area contributed by atoms with Crippen LogP contribution in [-0.4, -0.2) is 43.5 Å². The molecule has 1 heterocycles. The zero-order chi connectivity index (χ0) is 19.9. The van der Waals surface area contributed by atoms with Crippen LogP contribution >= 0.6 is 0 Å². The van der Waals surface area contributed by atoms with Crippen LogP contribution in [0.15, 0.2) is 53.7 Å². The highest BCUT2D eigenvalue weighted by Gasteiger charge is 2.07. The number of rotatable bonds is 7. The molecule has 3 aromatic rings. The van der Waals surface area contributed by atoms with E-state index in [2.05, 4.69) is 63.9 Å². The number of hydrogen-bond donors (Lipinski definition) is 3. The summed E-state index contributed by atoms with van der Waals surface area (Å²) < 4.78 is 13.3.